The normalized spacial score (nSPS) is 14.8. The second-order valence-corrected chi connectivity index (χ2v) is 12.6. The minimum Gasteiger partial charge on any atom is -0.369 e. The van der Waals surface area contributed by atoms with Crippen molar-refractivity contribution in [3.8, 4) is 22.4 Å². The van der Waals surface area contributed by atoms with Crippen molar-refractivity contribution in [1.82, 2.24) is 35.1 Å². The maximum Gasteiger partial charge on any atom is 0.293 e. The molecular weight excluding hydrogens is 599 g/mol. The number of aromatic nitrogens is 5. The number of benzene rings is 2. The third kappa shape index (κ3) is 6.43. The lowest BCUT2D eigenvalue weighted by atomic mass is 9.97. The fourth-order valence-corrected chi connectivity index (χ4v) is 5.51. The molecule has 1 aliphatic rings. The third-order valence-electron chi connectivity index (χ3n) is 7.84. The number of carbonyl (C=O) groups is 1. The number of aromatic amines is 1. The number of nitrogens with one attached hydrogen (secondary N) is 2. The van der Waals surface area contributed by atoms with Crippen LogP contribution in [0.25, 0.3) is 33.4 Å². The van der Waals surface area contributed by atoms with Gasteiger partial charge in [0, 0.05) is 60.0 Å². The third-order valence-corrected chi connectivity index (χ3v) is 8.18. The Balaban J connectivity index is 0.00000384. The van der Waals surface area contributed by atoms with Gasteiger partial charge in [0.05, 0.1) is 11.7 Å². The van der Waals surface area contributed by atoms with Crippen molar-refractivity contribution in [2.75, 3.05) is 31.1 Å². The number of fused-ring (bicyclic) bond motifs is 1. The van der Waals surface area contributed by atoms with Crippen LogP contribution in [-0.2, 0) is 5.41 Å². The Labute approximate surface area is 267 Å². The van der Waals surface area contributed by atoms with Gasteiger partial charge in [-0.05, 0) is 66.6 Å². The van der Waals surface area contributed by atoms with Crippen molar-refractivity contribution in [3.63, 3.8) is 0 Å². The molecule has 44 heavy (non-hydrogen) atoms. The molecule has 0 radical (unpaired) electrons. The second kappa shape index (κ2) is 12.6. The number of hydrogen-bond donors (Lipinski definition) is 2. The Morgan fingerprint density at radius 2 is 1.73 bits per heavy atom. The lowest BCUT2D eigenvalue weighted by Crippen LogP contribution is -2.42. The average molecular weight is 636 g/mol. The molecule has 12 heteroatoms. The van der Waals surface area contributed by atoms with Gasteiger partial charge in [-0.1, -0.05) is 50.2 Å². The van der Waals surface area contributed by atoms with Crippen LogP contribution >= 0.6 is 24.2 Å². The predicted molar refractivity (Wildman–Crippen MR) is 175 cm³/mol. The molecular formula is C32H36Cl2N8O2. The van der Waals surface area contributed by atoms with Gasteiger partial charge in [0.25, 0.3) is 11.7 Å². The molecule has 1 fully saturated rings. The highest BCUT2D eigenvalue weighted by Gasteiger charge is 2.25. The van der Waals surface area contributed by atoms with Crippen LogP contribution in [0.3, 0.4) is 0 Å². The van der Waals surface area contributed by atoms with Crippen LogP contribution in [0.4, 0.5) is 5.69 Å². The van der Waals surface area contributed by atoms with E-state index < -0.39 is 0 Å². The van der Waals surface area contributed by atoms with Gasteiger partial charge in [-0.25, -0.2) is 9.40 Å². The highest BCUT2D eigenvalue weighted by Crippen LogP contribution is 2.32. The van der Waals surface area contributed by atoms with Gasteiger partial charge in [-0.3, -0.25) is 9.89 Å². The topological polar surface area (TPSA) is 116 Å². The molecule has 4 heterocycles. The van der Waals surface area contributed by atoms with Crippen LogP contribution in [-0.4, -0.2) is 61.8 Å². The number of rotatable bonds is 6. The summed E-state index contributed by atoms with van der Waals surface area (Å²) in [5, 5.41) is 15.4. The van der Waals surface area contributed by atoms with Crippen molar-refractivity contribution in [3.05, 3.63) is 77.6 Å². The van der Waals surface area contributed by atoms with E-state index >= 15 is 0 Å². The molecule has 0 aliphatic carbocycles. The molecule has 10 nitrogen and oxygen atoms in total. The number of anilines is 1. The van der Waals surface area contributed by atoms with E-state index in [1.807, 2.05) is 57.4 Å². The number of hydrogen-bond acceptors (Lipinski definition) is 8. The highest BCUT2D eigenvalue weighted by molar-refractivity contribution is 6.13. The largest absolute Gasteiger partial charge is 0.369 e. The summed E-state index contributed by atoms with van der Waals surface area (Å²) in [6.07, 6.45) is 1.86. The summed E-state index contributed by atoms with van der Waals surface area (Å²) < 4.78 is 7.12. The van der Waals surface area contributed by atoms with E-state index in [4.69, 9.17) is 16.3 Å². The van der Waals surface area contributed by atoms with Crippen LogP contribution < -0.4 is 10.2 Å². The van der Waals surface area contributed by atoms with Gasteiger partial charge >= 0.3 is 0 Å². The summed E-state index contributed by atoms with van der Waals surface area (Å²) in [6.45, 7) is 13.4. The first-order valence-electron chi connectivity index (χ1n) is 14.4. The number of piperazine rings is 1. The number of aryl methyl sites for hydroxylation is 1. The smallest absolute Gasteiger partial charge is 0.293 e. The van der Waals surface area contributed by atoms with Gasteiger partial charge in [0.2, 0.25) is 5.89 Å². The summed E-state index contributed by atoms with van der Waals surface area (Å²) in [5.74, 6) is 0.0787. The minimum absolute atomic E-state index is 0. The molecule has 1 saturated heterocycles. The quantitative estimate of drug-likeness (QED) is 0.204. The molecule has 0 bridgehead atoms. The fraction of sp³-hybridized carbons (Fsp3) is 0.344. The molecule has 3 aromatic heterocycles. The average Bonchev–Trinajstić information content (AvgIpc) is 3.66. The molecule has 2 aromatic carbocycles. The SMILES string of the molecule is Cc1cc(-c2[nH]nc3ncc(-c4ccc(N5CCN(Cl)CC5)cc4)cc23)ccc1C(C)NC(=O)c1noc(C(C)(C)C)n1.Cl. The van der Waals surface area contributed by atoms with Gasteiger partial charge in [0.15, 0.2) is 5.65 Å². The van der Waals surface area contributed by atoms with Crippen LogP contribution in [0.1, 0.15) is 61.4 Å². The first kappa shape index (κ1) is 31.4. The number of nitrogens with zero attached hydrogens (tertiary/aromatic N) is 6. The predicted octanol–water partition coefficient (Wildman–Crippen LogP) is 6.47. The molecule has 6 rings (SSSR count). The maximum absolute atomic E-state index is 12.8. The van der Waals surface area contributed by atoms with Crippen molar-refractivity contribution in [2.24, 2.45) is 0 Å². The Morgan fingerprint density at radius 1 is 1.02 bits per heavy atom. The summed E-state index contributed by atoms with van der Waals surface area (Å²) in [4.78, 5) is 24.1. The van der Waals surface area contributed by atoms with Crippen LogP contribution in [0.15, 0.2) is 59.3 Å². The summed E-state index contributed by atoms with van der Waals surface area (Å²) in [7, 11) is 0. The Hall–Kier alpha value is -3.99. The van der Waals surface area contributed by atoms with Crippen LogP contribution in [0, 0.1) is 6.92 Å². The highest BCUT2D eigenvalue weighted by atomic mass is 35.5. The van der Waals surface area contributed by atoms with Gasteiger partial charge in [-0.2, -0.15) is 10.1 Å². The standard InChI is InChI=1S/C32H35ClN8O2.ClH/c1-19-16-22(8-11-25(19)20(2)35-30(42)29-36-31(43-39-29)32(3,4)5)27-26-17-23(18-34-28(26)38-37-27)21-6-9-24(10-7-21)40-12-14-41(33)15-13-40;/h6-11,16-18,20H,12-15H2,1-5H3,(H,35,42)(H,34,37,38);1H. The molecule has 5 aromatic rings. The molecule has 230 valence electrons. The Kier molecular flexibility index (Phi) is 8.97. The number of pyridine rings is 1. The molecule has 1 unspecified atom stereocenters. The minimum atomic E-state index is -0.376. The van der Waals surface area contributed by atoms with Crippen LogP contribution in [0.5, 0.6) is 0 Å². The first-order chi connectivity index (χ1) is 20.6. The lowest BCUT2D eigenvalue weighted by Gasteiger charge is -2.32. The van der Waals surface area contributed by atoms with E-state index in [2.05, 4.69) is 71.9 Å². The zero-order chi connectivity index (χ0) is 30.3. The maximum atomic E-state index is 12.8. The van der Waals surface area contributed by atoms with E-state index in [1.54, 1.807) is 0 Å². The van der Waals surface area contributed by atoms with Crippen molar-refractivity contribution in [1.29, 1.82) is 0 Å². The molecule has 0 saturated carbocycles. The van der Waals surface area contributed by atoms with E-state index in [0.29, 0.717) is 11.5 Å². The Bertz CT molecular complexity index is 1770. The van der Waals surface area contributed by atoms with E-state index in [-0.39, 0.29) is 35.6 Å². The monoisotopic (exact) mass is 634 g/mol. The van der Waals surface area contributed by atoms with Crippen LogP contribution in [0.2, 0.25) is 0 Å². The summed E-state index contributed by atoms with van der Waals surface area (Å²) in [5.41, 5.74) is 7.55. The number of amides is 1. The van der Waals surface area contributed by atoms with Crippen molar-refractivity contribution in [2.45, 2.75) is 46.1 Å². The fourth-order valence-electron chi connectivity index (χ4n) is 5.36. The van der Waals surface area contributed by atoms with Gasteiger partial charge < -0.3 is 14.7 Å². The molecule has 0 spiro atoms. The molecule has 1 atom stereocenters. The summed E-state index contributed by atoms with van der Waals surface area (Å²) in [6, 6.07) is 16.6. The van der Waals surface area contributed by atoms with Gasteiger partial charge in [0.1, 0.15) is 0 Å². The second-order valence-electron chi connectivity index (χ2n) is 12.1. The van der Waals surface area contributed by atoms with E-state index in [0.717, 1.165) is 65.1 Å². The number of carbonyl (C=O) groups excluding carboxylic acids is 1. The Morgan fingerprint density at radius 3 is 2.39 bits per heavy atom. The first-order valence-corrected chi connectivity index (χ1v) is 14.8. The van der Waals surface area contributed by atoms with Gasteiger partial charge in [-0.15, -0.1) is 12.4 Å². The van der Waals surface area contributed by atoms with E-state index in [9.17, 15) is 4.79 Å². The lowest BCUT2D eigenvalue weighted by molar-refractivity contribution is 0.0926. The van der Waals surface area contributed by atoms with Crippen molar-refractivity contribution >= 4 is 46.8 Å². The van der Waals surface area contributed by atoms with E-state index in [1.165, 1.54) is 5.69 Å². The molecule has 2 N–H and O–H groups in total. The molecule has 1 amide bonds. The summed E-state index contributed by atoms with van der Waals surface area (Å²) >= 11 is 6.12. The number of H-pyrrole nitrogens is 1. The zero-order valence-electron chi connectivity index (χ0n) is 25.4. The number of halogens is 2. The van der Waals surface area contributed by atoms with Crippen molar-refractivity contribution < 1.29 is 9.32 Å². The molecule has 1 aliphatic heterocycles. The zero-order valence-corrected chi connectivity index (χ0v) is 27.0.